The summed E-state index contributed by atoms with van der Waals surface area (Å²) in [5.41, 5.74) is 1.39. The lowest BCUT2D eigenvalue weighted by Gasteiger charge is -2.09. The van der Waals surface area contributed by atoms with E-state index in [0.717, 1.165) is 24.4 Å². The second-order valence-electron chi connectivity index (χ2n) is 3.74. The molecule has 0 atom stereocenters. The fourth-order valence-electron chi connectivity index (χ4n) is 1.76. The van der Waals surface area contributed by atoms with Gasteiger partial charge in [0.25, 0.3) is 0 Å². The molecule has 86 valence electrons. The van der Waals surface area contributed by atoms with Crippen molar-refractivity contribution in [2.75, 3.05) is 0 Å². The molecule has 4 heteroatoms. The van der Waals surface area contributed by atoms with E-state index >= 15 is 0 Å². The summed E-state index contributed by atoms with van der Waals surface area (Å²) in [6.07, 6.45) is 5.49. The van der Waals surface area contributed by atoms with E-state index in [-0.39, 0.29) is 0 Å². The van der Waals surface area contributed by atoms with Gasteiger partial charge in [-0.25, -0.2) is 4.98 Å². The molecule has 1 aromatic heterocycles. The summed E-state index contributed by atoms with van der Waals surface area (Å²) in [7, 11) is 0. The lowest BCUT2D eigenvalue weighted by molar-refractivity contribution is 0.808. The Labute approximate surface area is 105 Å². The van der Waals surface area contributed by atoms with Crippen molar-refractivity contribution in [1.82, 2.24) is 9.55 Å². The monoisotopic (exact) mass is 245 g/mol. The van der Waals surface area contributed by atoms with E-state index in [2.05, 4.69) is 18.0 Å². The topological polar surface area (TPSA) is 41.6 Å². The SMILES string of the molecule is CCCc1nccn1-c1cc(Cl)ccc1C#N. The van der Waals surface area contributed by atoms with Crippen LogP contribution in [0.1, 0.15) is 24.7 Å². The molecule has 0 aliphatic carbocycles. The molecule has 0 radical (unpaired) electrons. The molecule has 0 saturated heterocycles. The minimum atomic E-state index is 0.602. The van der Waals surface area contributed by atoms with Gasteiger partial charge in [-0.2, -0.15) is 5.26 Å². The number of hydrogen-bond donors (Lipinski definition) is 0. The predicted octanol–water partition coefficient (Wildman–Crippen LogP) is 3.35. The van der Waals surface area contributed by atoms with Crippen molar-refractivity contribution in [1.29, 1.82) is 5.26 Å². The summed E-state index contributed by atoms with van der Waals surface area (Å²) >= 11 is 5.98. The van der Waals surface area contributed by atoms with Crippen LogP contribution < -0.4 is 0 Å². The maximum absolute atomic E-state index is 9.10. The third kappa shape index (κ3) is 2.32. The molecule has 0 amide bonds. The number of imidazole rings is 1. The third-order valence-electron chi connectivity index (χ3n) is 2.53. The van der Waals surface area contributed by atoms with Crippen molar-refractivity contribution in [3.05, 3.63) is 47.0 Å². The Morgan fingerprint density at radius 2 is 2.29 bits per heavy atom. The molecule has 0 saturated carbocycles. The van der Waals surface area contributed by atoms with Crippen LogP contribution in [0.3, 0.4) is 0 Å². The first kappa shape index (κ1) is 11.7. The van der Waals surface area contributed by atoms with E-state index in [9.17, 15) is 0 Å². The lowest BCUT2D eigenvalue weighted by Crippen LogP contribution is -2.02. The van der Waals surface area contributed by atoms with Crippen LogP contribution in [0.15, 0.2) is 30.6 Å². The van der Waals surface area contributed by atoms with Crippen LogP contribution in [0, 0.1) is 11.3 Å². The van der Waals surface area contributed by atoms with Gasteiger partial charge in [-0.3, -0.25) is 0 Å². The number of halogens is 1. The number of nitrogens with zero attached hydrogens (tertiary/aromatic N) is 3. The quantitative estimate of drug-likeness (QED) is 0.832. The highest BCUT2D eigenvalue weighted by Crippen LogP contribution is 2.21. The fourth-order valence-corrected chi connectivity index (χ4v) is 1.93. The van der Waals surface area contributed by atoms with E-state index in [1.54, 1.807) is 24.4 Å². The molecular weight excluding hydrogens is 234 g/mol. The predicted molar refractivity (Wildman–Crippen MR) is 67.3 cm³/mol. The first-order valence-electron chi connectivity index (χ1n) is 5.48. The average molecular weight is 246 g/mol. The van der Waals surface area contributed by atoms with Gasteiger partial charge in [0, 0.05) is 23.8 Å². The number of aromatic nitrogens is 2. The van der Waals surface area contributed by atoms with E-state index in [0.29, 0.717) is 10.6 Å². The molecule has 0 bridgehead atoms. The van der Waals surface area contributed by atoms with Gasteiger partial charge in [-0.1, -0.05) is 18.5 Å². The van der Waals surface area contributed by atoms with Gasteiger partial charge >= 0.3 is 0 Å². The summed E-state index contributed by atoms with van der Waals surface area (Å²) in [6, 6.07) is 7.42. The number of hydrogen-bond acceptors (Lipinski definition) is 2. The highest BCUT2D eigenvalue weighted by atomic mass is 35.5. The van der Waals surface area contributed by atoms with Gasteiger partial charge in [0.1, 0.15) is 11.9 Å². The molecule has 0 aliphatic rings. The van der Waals surface area contributed by atoms with E-state index in [1.165, 1.54) is 0 Å². The second-order valence-corrected chi connectivity index (χ2v) is 4.17. The molecule has 2 rings (SSSR count). The number of benzene rings is 1. The number of rotatable bonds is 3. The van der Waals surface area contributed by atoms with E-state index < -0.39 is 0 Å². The second kappa shape index (κ2) is 5.03. The largest absolute Gasteiger partial charge is 0.302 e. The molecular formula is C13H12ClN3. The Morgan fingerprint density at radius 1 is 1.47 bits per heavy atom. The zero-order chi connectivity index (χ0) is 12.3. The fraction of sp³-hybridized carbons (Fsp3) is 0.231. The van der Waals surface area contributed by atoms with Crippen LogP contribution in [0.5, 0.6) is 0 Å². The van der Waals surface area contributed by atoms with Crippen molar-refractivity contribution in [3.63, 3.8) is 0 Å². The van der Waals surface area contributed by atoms with Crippen LogP contribution in [-0.4, -0.2) is 9.55 Å². The maximum Gasteiger partial charge on any atom is 0.113 e. The maximum atomic E-state index is 9.10. The highest BCUT2D eigenvalue weighted by molar-refractivity contribution is 6.30. The van der Waals surface area contributed by atoms with Crippen LogP contribution in [0.2, 0.25) is 5.02 Å². The molecule has 17 heavy (non-hydrogen) atoms. The number of aryl methyl sites for hydroxylation is 1. The third-order valence-corrected chi connectivity index (χ3v) is 2.77. The van der Waals surface area contributed by atoms with Gasteiger partial charge in [0.2, 0.25) is 0 Å². The minimum Gasteiger partial charge on any atom is -0.302 e. The van der Waals surface area contributed by atoms with Crippen molar-refractivity contribution >= 4 is 11.6 Å². The summed E-state index contributed by atoms with van der Waals surface area (Å²) in [6.45, 7) is 2.10. The molecule has 0 aliphatic heterocycles. The minimum absolute atomic E-state index is 0.602. The van der Waals surface area contributed by atoms with Crippen LogP contribution in [0.25, 0.3) is 5.69 Å². The Hall–Kier alpha value is -1.79. The number of nitriles is 1. The Balaban J connectivity index is 2.56. The Morgan fingerprint density at radius 3 is 3.00 bits per heavy atom. The van der Waals surface area contributed by atoms with Crippen LogP contribution >= 0.6 is 11.6 Å². The summed E-state index contributed by atoms with van der Waals surface area (Å²) in [5.74, 6) is 0.950. The van der Waals surface area contributed by atoms with Gasteiger partial charge in [-0.05, 0) is 24.6 Å². The van der Waals surface area contributed by atoms with Crippen molar-refractivity contribution in [3.8, 4) is 11.8 Å². The molecule has 1 aromatic carbocycles. The molecule has 0 fully saturated rings. The van der Waals surface area contributed by atoms with E-state index in [1.807, 2.05) is 10.8 Å². The van der Waals surface area contributed by atoms with Gasteiger partial charge in [-0.15, -0.1) is 0 Å². The lowest BCUT2D eigenvalue weighted by atomic mass is 10.2. The van der Waals surface area contributed by atoms with Crippen LogP contribution in [0.4, 0.5) is 0 Å². The van der Waals surface area contributed by atoms with Gasteiger partial charge in [0.05, 0.1) is 11.3 Å². The normalized spacial score (nSPS) is 10.2. The molecule has 2 aromatic rings. The zero-order valence-electron chi connectivity index (χ0n) is 9.52. The first-order chi connectivity index (χ1) is 8.26. The Kier molecular flexibility index (Phi) is 3.46. The smallest absolute Gasteiger partial charge is 0.113 e. The van der Waals surface area contributed by atoms with Gasteiger partial charge < -0.3 is 4.57 Å². The summed E-state index contributed by atoms with van der Waals surface area (Å²) < 4.78 is 1.92. The molecule has 3 nitrogen and oxygen atoms in total. The first-order valence-corrected chi connectivity index (χ1v) is 5.86. The van der Waals surface area contributed by atoms with E-state index in [4.69, 9.17) is 16.9 Å². The van der Waals surface area contributed by atoms with Gasteiger partial charge in [0.15, 0.2) is 0 Å². The van der Waals surface area contributed by atoms with Crippen molar-refractivity contribution in [2.45, 2.75) is 19.8 Å². The molecule has 0 unspecified atom stereocenters. The molecule has 0 N–H and O–H groups in total. The molecule has 1 heterocycles. The summed E-state index contributed by atoms with van der Waals surface area (Å²) in [4.78, 5) is 4.30. The summed E-state index contributed by atoms with van der Waals surface area (Å²) in [5, 5.41) is 9.72. The highest BCUT2D eigenvalue weighted by Gasteiger charge is 2.09. The van der Waals surface area contributed by atoms with Crippen molar-refractivity contribution in [2.24, 2.45) is 0 Å². The van der Waals surface area contributed by atoms with Crippen molar-refractivity contribution < 1.29 is 0 Å². The molecule has 0 spiro atoms. The Bertz CT molecular complexity index is 566. The average Bonchev–Trinajstić information content (AvgIpc) is 2.77. The standard InChI is InChI=1S/C13H12ClN3/c1-2-3-13-16-6-7-17(13)12-8-11(14)5-4-10(12)9-15/h4-8H,2-3H2,1H3. The van der Waals surface area contributed by atoms with Crippen LogP contribution in [-0.2, 0) is 6.42 Å². The zero-order valence-corrected chi connectivity index (χ0v) is 10.3.